The number of hydrogen-bond acceptors (Lipinski definition) is 7. The maximum atomic E-state index is 12.8. The summed E-state index contributed by atoms with van der Waals surface area (Å²) in [6.45, 7) is 0.909. The highest BCUT2D eigenvalue weighted by Crippen LogP contribution is 2.46. The fraction of sp³-hybridized carbons (Fsp3) is 0.200. The minimum Gasteiger partial charge on any atom is -0.379 e. The molecule has 0 saturated carbocycles. The lowest BCUT2D eigenvalue weighted by atomic mass is 9.80. The van der Waals surface area contributed by atoms with Crippen LogP contribution >= 0.6 is 11.3 Å². The van der Waals surface area contributed by atoms with Crippen LogP contribution in [0.3, 0.4) is 0 Å². The molecule has 1 saturated heterocycles. The summed E-state index contributed by atoms with van der Waals surface area (Å²) in [7, 11) is -3.32. The maximum Gasteiger partial charge on any atom is 0.179 e. The highest BCUT2D eigenvalue weighted by molar-refractivity contribution is 7.91. The van der Waals surface area contributed by atoms with E-state index in [1.54, 1.807) is 23.6 Å². The van der Waals surface area contributed by atoms with E-state index in [-0.39, 0.29) is 5.75 Å². The van der Waals surface area contributed by atoms with Gasteiger partial charge in [0.1, 0.15) is 0 Å². The van der Waals surface area contributed by atoms with Gasteiger partial charge in [-0.05, 0) is 42.0 Å². The molecule has 0 atom stereocenters. The number of fused-ring (bicyclic) bond motifs is 4. The van der Waals surface area contributed by atoms with E-state index < -0.39 is 15.3 Å². The van der Waals surface area contributed by atoms with E-state index in [1.165, 1.54) is 0 Å². The average molecular weight is 409 g/mol. The van der Waals surface area contributed by atoms with Gasteiger partial charge < -0.3 is 10.1 Å². The minimum absolute atomic E-state index is 0.120. The van der Waals surface area contributed by atoms with Gasteiger partial charge in [0.25, 0.3) is 0 Å². The summed E-state index contributed by atoms with van der Waals surface area (Å²) in [5.41, 5.74) is 5.71. The molecule has 2 aliphatic heterocycles. The zero-order chi connectivity index (χ0) is 18.9. The molecule has 4 aromatic rings. The van der Waals surface area contributed by atoms with Gasteiger partial charge in [-0.25, -0.2) is 13.4 Å². The summed E-state index contributed by atoms with van der Waals surface area (Å²) in [6, 6.07) is 11.6. The predicted octanol–water partition coefficient (Wildman–Crippen LogP) is 3.64. The van der Waals surface area contributed by atoms with Crippen molar-refractivity contribution in [3.05, 3.63) is 53.7 Å². The van der Waals surface area contributed by atoms with Gasteiger partial charge in [-0.3, -0.25) is 4.98 Å². The Hall–Kier alpha value is -2.55. The van der Waals surface area contributed by atoms with Crippen LogP contribution in [0.1, 0.15) is 5.56 Å². The number of sulfone groups is 1. The van der Waals surface area contributed by atoms with Crippen molar-refractivity contribution in [2.24, 2.45) is 0 Å². The molecule has 6 rings (SSSR count). The van der Waals surface area contributed by atoms with Crippen LogP contribution in [0.2, 0.25) is 0 Å². The van der Waals surface area contributed by atoms with E-state index >= 15 is 0 Å². The maximum absolute atomic E-state index is 12.8. The van der Waals surface area contributed by atoms with Crippen LogP contribution in [0.5, 0.6) is 0 Å². The summed E-state index contributed by atoms with van der Waals surface area (Å²) >= 11 is 1.60. The molecule has 8 heteroatoms. The fourth-order valence-electron chi connectivity index (χ4n) is 4.15. The Labute approximate surface area is 165 Å². The topological polar surface area (TPSA) is 81.2 Å². The molecule has 6 nitrogen and oxygen atoms in total. The van der Waals surface area contributed by atoms with Crippen molar-refractivity contribution in [2.75, 3.05) is 24.3 Å². The summed E-state index contributed by atoms with van der Waals surface area (Å²) in [5, 5.41) is 4.19. The lowest BCUT2D eigenvalue weighted by Crippen LogP contribution is -2.48. The van der Waals surface area contributed by atoms with Gasteiger partial charge in [-0.2, -0.15) is 0 Å². The summed E-state index contributed by atoms with van der Waals surface area (Å²) < 4.78 is 32.1. The smallest absolute Gasteiger partial charge is 0.179 e. The molecule has 140 valence electrons. The van der Waals surface area contributed by atoms with Crippen molar-refractivity contribution in [3.8, 4) is 0 Å². The molecule has 28 heavy (non-hydrogen) atoms. The molecule has 0 bridgehead atoms. The first-order chi connectivity index (χ1) is 13.5. The monoisotopic (exact) mass is 409 g/mol. The van der Waals surface area contributed by atoms with Crippen molar-refractivity contribution in [2.45, 2.75) is 10.3 Å². The Balaban J connectivity index is 1.51. The molecule has 2 aliphatic rings. The Morgan fingerprint density at radius 2 is 1.96 bits per heavy atom. The van der Waals surface area contributed by atoms with Gasteiger partial charge >= 0.3 is 0 Å². The van der Waals surface area contributed by atoms with Crippen molar-refractivity contribution in [1.82, 2.24) is 9.97 Å². The number of nitrogens with one attached hydrogen (secondary N) is 1. The largest absolute Gasteiger partial charge is 0.379 e. The summed E-state index contributed by atoms with van der Waals surface area (Å²) in [6.07, 6.45) is 1.74. The van der Waals surface area contributed by atoms with Gasteiger partial charge in [-0.1, -0.05) is 0 Å². The van der Waals surface area contributed by atoms with Crippen molar-refractivity contribution in [3.63, 3.8) is 0 Å². The van der Waals surface area contributed by atoms with Crippen LogP contribution in [0.15, 0.2) is 53.0 Å². The van der Waals surface area contributed by atoms with Crippen LogP contribution in [0, 0.1) is 0 Å². The quantitative estimate of drug-likeness (QED) is 0.544. The zero-order valence-corrected chi connectivity index (χ0v) is 16.3. The number of ether oxygens (including phenoxy) is 1. The molecule has 4 heterocycles. The van der Waals surface area contributed by atoms with E-state index in [1.807, 2.05) is 35.8 Å². The Kier molecular flexibility index (Phi) is 3.22. The first-order valence-corrected chi connectivity index (χ1v) is 11.4. The van der Waals surface area contributed by atoms with Gasteiger partial charge in [-0.15, -0.1) is 11.3 Å². The van der Waals surface area contributed by atoms with Gasteiger partial charge in [0.2, 0.25) is 0 Å². The van der Waals surface area contributed by atoms with Crippen LogP contribution < -0.4 is 5.32 Å². The number of pyridine rings is 1. The second kappa shape index (κ2) is 5.50. The second-order valence-corrected chi connectivity index (χ2v) is 10.3. The van der Waals surface area contributed by atoms with Crippen LogP contribution in [-0.2, 0) is 20.0 Å². The SMILES string of the molecule is O=S1(=O)CC2(COC2)c2cc3nccc(Nc4ccc5scnc5c4)c3cc21. The molecule has 1 N–H and O–H groups in total. The molecule has 0 radical (unpaired) electrons. The number of anilines is 2. The van der Waals surface area contributed by atoms with Gasteiger partial charge in [0.05, 0.1) is 50.5 Å². The Morgan fingerprint density at radius 1 is 1.07 bits per heavy atom. The highest BCUT2D eigenvalue weighted by atomic mass is 32.2. The number of nitrogens with zero attached hydrogens (tertiary/aromatic N) is 2. The van der Waals surface area contributed by atoms with E-state index in [4.69, 9.17) is 4.74 Å². The molecular formula is C20H15N3O3S2. The third kappa shape index (κ3) is 2.25. The van der Waals surface area contributed by atoms with Crippen molar-refractivity contribution < 1.29 is 13.2 Å². The van der Waals surface area contributed by atoms with Crippen LogP contribution in [0.4, 0.5) is 11.4 Å². The normalized spacial score (nSPS) is 19.0. The molecule has 2 aromatic carbocycles. The van der Waals surface area contributed by atoms with Crippen molar-refractivity contribution >= 4 is 53.7 Å². The van der Waals surface area contributed by atoms with E-state index in [0.29, 0.717) is 18.1 Å². The summed E-state index contributed by atoms with van der Waals surface area (Å²) in [4.78, 5) is 9.26. The molecule has 0 aliphatic carbocycles. The third-order valence-corrected chi connectivity index (χ3v) is 8.33. The second-order valence-electron chi connectivity index (χ2n) is 7.42. The lowest BCUT2D eigenvalue weighted by molar-refractivity contribution is -0.0470. The van der Waals surface area contributed by atoms with Crippen LogP contribution in [0.25, 0.3) is 21.1 Å². The first kappa shape index (κ1) is 16.4. The molecular weight excluding hydrogens is 394 g/mol. The number of rotatable bonds is 2. The molecule has 1 fully saturated rings. The van der Waals surface area contributed by atoms with Crippen molar-refractivity contribution in [1.29, 1.82) is 0 Å². The molecule has 0 unspecified atom stereocenters. The number of thiazole rings is 1. The van der Waals surface area contributed by atoms with Gasteiger partial charge in [0, 0.05) is 23.0 Å². The molecule has 1 spiro atoms. The summed E-state index contributed by atoms with van der Waals surface area (Å²) in [5.74, 6) is 0.120. The number of aromatic nitrogens is 2. The Morgan fingerprint density at radius 3 is 2.79 bits per heavy atom. The Bertz CT molecular complexity index is 1370. The van der Waals surface area contributed by atoms with Gasteiger partial charge in [0.15, 0.2) is 9.84 Å². The molecule has 0 amide bonds. The minimum atomic E-state index is -3.32. The number of hydrogen-bond donors (Lipinski definition) is 1. The van der Waals surface area contributed by atoms with E-state index in [2.05, 4.69) is 15.3 Å². The number of benzene rings is 2. The zero-order valence-electron chi connectivity index (χ0n) is 14.7. The van der Waals surface area contributed by atoms with E-state index in [9.17, 15) is 8.42 Å². The lowest BCUT2D eigenvalue weighted by Gasteiger charge is -2.37. The van der Waals surface area contributed by atoms with E-state index in [0.717, 1.165) is 38.1 Å². The average Bonchev–Trinajstić information content (AvgIpc) is 3.20. The predicted molar refractivity (Wildman–Crippen MR) is 109 cm³/mol. The first-order valence-electron chi connectivity index (χ1n) is 8.88. The molecule has 2 aromatic heterocycles. The highest BCUT2D eigenvalue weighted by Gasteiger charge is 2.52. The standard InChI is InChI=1S/C20H15N3O3S2/c24-28(25)10-20(8-26-9-20)14-7-16-13(6-19(14)28)15(3-4-21-16)23-12-1-2-18-17(5-12)22-11-27-18/h1-7,11H,8-10H2,(H,21,23). The fourth-order valence-corrected chi connectivity index (χ4v) is 6.92. The third-order valence-electron chi connectivity index (χ3n) is 5.58. The van der Waals surface area contributed by atoms with Crippen LogP contribution in [-0.4, -0.2) is 37.4 Å².